The van der Waals surface area contributed by atoms with Crippen LogP contribution in [-0.4, -0.2) is 52.2 Å². The van der Waals surface area contributed by atoms with E-state index in [9.17, 15) is 0 Å². The van der Waals surface area contributed by atoms with Crippen molar-refractivity contribution in [3.8, 4) is 0 Å². The molecule has 0 atom stereocenters. The summed E-state index contributed by atoms with van der Waals surface area (Å²) in [4.78, 5) is 2.58. The fourth-order valence-electron chi connectivity index (χ4n) is 3.22. The molecular formula is C19H33N3. The first-order valence-corrected chi connectivity index (χ1v) is 8.49. The summed E-state index contributed by atoms with van der Waals surface area (Å²) in [6, 6.07) is 10.8. The van der Waals surface area contributed by atoms with Crippen LogP contribution < -0.4 is 0 Å². The summed E-state index contributed by atoms with van der Waals surface area (Å²) in [6.45, 7) is 19.4. The lowest BCUT2D eigenvalue weighted by molar-refractivity contribution is -0.132. The molecule has 3 heteroatoms. The average molecular weight is 303 g/mol. The number of hydrogen-bond acceptors (Lipinski definition) is 3. The summed E-state index contributed by atoms with van der Waals surface area (Å²) < 4.78 is 0. The summed E-state index contributed by atoms with van der Waals surface area (Å²) >= 11 is 0. The number of nitrogens with zero attached hydrogens (tertiary/aromatic N) is 3. The Balaban J connectivity index is 2.10. The van der Waals surface area contributed by atoms with Gasteiger partial charge in [0.25, 0.3) is 0 Å². The van der Waals surface area contributed by atoms with Crippen LogP contribution >= 0.6 is 0 Å². The van der Waals surface area contributed by atoms with E-state index in [2.05, 4.69) is 86.8 Å². The molecular weight excluding hydrogens is 270 g/mol. The van der Waals surface area contributed by atoms with Gasteiger partial charge in [0.1, 0.15) is 0 Å². The predicted molar refractivity (Wildman–Crippen MR) is 94.6 cm³/mol. The lowest BCUT2D eigenvalue weighted by atomic mass is 10.0. The molecule has 0 aliphatic carbocycles. The standard InChI is InChI=1S/C19H33N3/c1-18(2,3)21-14-12-20(13-15-22(21)19(4,5)6)16-17-10-8-7-9-11-17/h7-11H,12-16H2,1-6H3. The van der Waals surface area contributed by atoms with Crippen molar-refractivity contribution >= 4 is 0 Å². The fourth-order valence-corrected chi connectivity index (χ4v) is 3.22. The van der Waals surface area contributed by atoms with Gasteiger partial charge in [-0.25, -0.2) is 10.0 Å². The Morgan fingerprint density at radius 3 is 1.59 bits per heavy atom. The van der Waals surface area contributed by atoms with Crippen LogP contribution in [-0.2, 0) is 6.54 Å². The third-order valence-electron chi connectivity index (χ3n) is 4.35. The van der Waals surface area contributed by atoms with Gasteiger partial charge < -0.3 is 0 Å². The molecule has 124 valence electrons. The molecule has 3 nitrogen and oxygen atoms in total. The second-order valence-corrected chi connectivity index (χ2v) is 8.35. The highest BCUT2D eigenvalue weighted by molar-refractivity contribution is 5.14. The molecule has 0 saturated carbocycles. The maximum absolute atomic E-state index is 2.58. The van der Waals surface area contributed by atoms with Gasteiger partial charge in [0.15, 0.2) is 0 Å². The van der Waals surface area contributed by atoms with Crippen LogP contribution in [0.5, 0.6) is 0 Å². The van der Waals surface area contributed by atoms with Crippen LogP contribution in [0.15, 0.2) is 30.3 Å². The molecule has 1 fully saturated rings. The minimum Gasteiger partial charge on any atom is -0.296 e. The number of rotatable bonds is 2. The molecule has 0 spiro atoms. The number of hydrazine groups is 1. The third kappa shape index (κ3) is 4.55. The van der Waals surface area contributed by atoms with Crippen molar-refractivity contribution in [2.75, 3.05) is 26.2 Å². The van der Waals surface area contributed by atoms with Gasteiger partial charge in [-0.3, -0.25) is 4.90 Å². The fraction of sp³-hybridized carbons (Fsp3) is 0.684. The van der Waals surface area contributed by atoms with Crippen LogP contribution in [0, 0.1) is 0 Å². The monoisotopic (exact) mass is 303 g/mol. The van der Waals surface area contributed by atoms with Gasteiger partial charge in [-0.2, -0.15) is 0 Å². The highest BCUT2D eigenvalue weighted by Crippen LogP contribution is 2.25. The largest absolute Gasteiger partial charge is 0.296 e. The predicted octanol–water partition coefficient (Wildman–Crippen LogP) is 3.62. The van der Waals surface area contributed by atoms with Crippen molar-refractivity contribution in [3.05, 3.63) is 35.9 Å². The van der Waals surface area contributed by atoms with Gasteiger partial charge in [-0.15, -0.1) is 0 Å². The normalized spacial score (nSPS) is 20.1. The summed E-state index contributed by atoms with van der Waals surface area (Å²) in [5.74, 6) is 0. The zero-order valence-corrected chi connectivity index (χ0v) is 15.3. The van der Waals surface area contributed by atoms with E-state index in [0.29, 0.717) is 0 Å². The first kappa shape index (κ1) is 17.5. The second-order valence-electron chi connectivity index (χ2n) is 8.35. The first-order chi connectivity index (χ1) is 10.2. The van der Waals surface area contributed by atoms with Crippen LogP contribution in [0.4, 0.5) is 0 Å². The minimum atomic E-state index is 0.163. The van der Waals surface area contributed by atoms with Crippen LogP contribution in [0.25, 0.3) is 0 Å². The van der Waals surface area contributed by atoms with E-state index < -0.39 is 0 Å². The molecule has 1 aliphatic rings. The van der Waals surface area contributed by atoms with E-state index in [1.54, 1.807) is 0 Å². The Labute approximate surface area is 136 Å². The van der Waals surface area contributed by atoms with E-state index in [1.165, 1.54) is 5.56 Å². The lowest BCUT2D eigenvalue weighted by Gasteiger charge is -2.49. The Kier molecular flexibility index (Phi) is 5.31. The summed E-state index contributed by atoms with van der Waals surface area (Å²) in [6.07, 6.45) is 0. The highest BCUT2D eigenvalue weighted by atomic mass is 15.7. The number of hydrogen-bond donors (Lipinski definition) is 0. The first-order valence-electron chi connectivity index (χ1n) is 8.49. The Morgan fingerprint density at radius 1 is 0.727 bits per heavy atom. The number of benzene rings is 1. The van der Waals surface area contributed by atoms with Crippen LogP contribution in [0.3, 0.4) is 0 Å². The van der Waals surface area contributed by atoms with Crippen LogP contribution in [0.1, 0.15) is 47.1 Å². The molecule has 2 rings (SSSR count). The molecule has 0 N–H and O–H groups in total. The quantitative estimate of drug-likeness (QED) is 0.826. The van der Waals surface area contributed by atoms with Crippen molar-refractivity contribution in [1.82, 2.24) is 14.9 Å². The Morgan fingerprint density at radius 2 is 1.18 bits per heavy atom. The lowest BCUT2D eigenvalue weighted by Crippen LogP contribution is -2.59. The Hall–Kier alpha value is -0.900. The zero-order chi connectivity index (χ0) is 16.4. The van der Waals surface area contributed by atoms with E-state index in [1.807, 2.05) is 0 Å². The summed E-state index contributed by atoms with van der Waals surface area (Å²) in [5, 5.41) is 5.13. The third-order valence-corrected chi connectivity index (χ3v) is 4.35. The molecule has 0 bridgehead atoms. The molecule has 0 aromatic heterocycles. The van der Waals surface area contributed by atoms with Gasteiger partial charge in [0.2, 0.25) is 0 Å². The Bertz CT molecular complexity index is 432. The molecule has 1 saturated heterocycles. The van der Waals surface area contributed by atoms with Crippen molar-refractivity contribution in [1.29, 1.82) is 0 Å². The van der Waals surface area contributed by atoms with Crippen molar-refractivity contribution in [2.45, 2.75) is 59.2 Å². The van der Waals surface area contributed by atoms with E-state index in [0.717, 1.165) is 32.7 Å². The zero-order valence-electron chi connectivity index (χ0n) is 15.3. The van der Waals surface area contributed by atoms with Gasteiger partial charge in [-0.1, -0.05) is 30.3 Å². The van der Waals surface area contributed by atoms with Gasteiger partial charge in [0.05, 0.1) is 0 Å². The van der Waals surface area contributed by atoms with E-state index >= 15 is 0 Å². The molecule has 0 unspecified atom stereocenters. The maximum atomic E-state index is 2.58. The molecule has 1 aliphatic heterocycles. The molecule has 1 heterocycles. The van der Waals surface area contributed by atoms with E-state index in [4.69, 9.17) is 0 Å². The maximum Gasteiger partial charge on any atom is 0.0273 e. The topological polar surface area (TPSA) is 9.72 Å². The average Bonchev–Trinajstić information content (AvgIpc) is 2.61. The second kappa shape index (κ2) is 6.69. The SMILES string of the molecule is CC(C)(C)N1CCN(Cc2ccccc2)CCN1C(C)(C)C. The van der Waals surface area contributed by atoms with Crippen LogP contribution in [0.2, 0.25) is 0 Å². The van der Waals surface area contributed by atoms with Gasteiger partial charge in [0, 0.05) is 43.8 Å². The van der Waals surface area contributed by atoms with Gasteiger partial charge in [-0.05, 0) is 47.1 Å². The summed E-state index contributed by atoms with van der Waals surface area (Å²) in [5.41, 5.74) is 1.74. The molecule has 1 aromatic rings. The van der Waals surface area contributed by atoms with Crippen molar-refractivity contribution in [2.24, 2.45) is 0 Å². The van der Waals surface area contributed by atoms with Gasteiger partial charge >= 0.3 is 0 Å². The highest BCUT2D eigenvalue weighted by Gasteiger charge is 2.35. The molecule has 0 amide bonds. The molecule has 22 heavy (non-hydrogen) atoms. The smallest absolute Gasteiger partial charge is 0.0273 e. The van der Waals surface area contributed by atoms with Crippen molar-refractivity contribution in [3.63, 3.8) is 0 Å². The van der Waals surface area contributed by atoms with E-state index in [-0.39, 0.29) is 11.1 Å². The molecule has 0 radical (unpaired) electrons. The van der Waals surface area contributed by atoms with Crippen molar-refractivity contribution < 1.29 is 0 Å². The minimum absolute atomic E-state index is 0.163. The molecule has 1 aromatic carbocycles. The summed E-state index contributed by atoms with van der Waals surface area (Å²) in [7, 11) is 0.